The number of rotatable bonds is 8. The normalized spacial score (nSPS) is 10.8. The van der Waals surface area contributed by atoms with Crippen molar-refractivity contribution in [2.75, 3.05) is 12.3 Å². The zero-order chi connectivity index (χ0) is 17.4. The van der Waals surface area contributed by atoms with Gasteiger partial charge in [0.25, 0.3) is 5.91 Å². The van der Waals surface area contributed by atoms with Crippen LogP contribution in [0, 0.1) is 5.82 Å². The number of carbonyl (C=O) groups is 1. The third kappa shape index (κ3) is 5.87. The van der Waals surface area contributed by atoms with E-state index in [4.69, 9.17) is 0 Å². The first-order chi connectivity index (χ1) is 11.6. The largest absolute Gasteiger partial charge is 0.351 e. The molecule has 1 N–H and O–H groups in total. The molecule has 0 unspecified atom stereocenters. The zero-order valence-electron chi connectivity index (χ0n) is 13.9. The fourth-order valence-electron chi connectivity index (χ4n) is 2.14. The first kappa shape index (κ1) is 18.9. The maximum absolute atomic E-state index is 13.5. The number of hydrogen-bond acceptors (Lipinski definition) is 3. The molecule has 5 heteroatoms. The molecule has 2 aromatic rings. The maximum Gasteiger partial charge on any atom is 0.252 e. The highest BCUT2D eigenvalue weighted by Gasteiger charge is 2.11. The Morgan fingerprint density at radius 2 is 1.83 bits per heavy atom. The van der Waals surface area contributed by atoms with E-state index in [-0.39, 0.29) is 11.7 Å². The Bertz CT molecular complexity index is 676. The lowest BCUT2D eigenvalue weighted by atomic mass is 10.2. The van der Waals surface area contributed by atoms with Gasteiger partial charge in [-0.15, -0.1) is 11.8 Å². The average molecular weight is 364 g/mol. The molecule has 2 aromatic carbocycles. The second kappa shape index (κ2) is 9.74. The van der Waals surface area contributed by atoms with E-state index in [2.05, 4.69) is 19.2 Å². The van der Waals surface area contributed by atoms with E-state index in [1.165, 1.54) is 6.07 Å². The molecule has 0 saturated heterocycles. The number of benzene rings is 2. The fraction of sp³-hybridized carbons (Fsp3) is 0.316. The summed E-state index contributed by atoms with van der Waals surface area (Å²) in [5.41, 5.74) is 1.42. The SMILES string of the molecule is CC(C)Sc1ccccc1C(=O)NCCSCc1ccccc1F. The third-order valence-electron chi connectivity index (χ3n) is 3.24. The first-order valence-electron chi connectivity index (χ1n) is 7.93. The molecule has 0 fully saturated rings. The van der Waals surface area contributed by atoms with Gasteiger partial charge in [-0.3, -0.25) is 4.79 Å². The van der Waals surface area contributed by atoms with Crippen molar-refractivity contribution in [2.45, 2.75) is 29.7 Å². The zero-order valence-corrected chi connectivity index (χ0v) is 15.6. The van der Waals surface area contributed by atoms with Crippen LogP contribution >= 0.6 is 23.5 Å². The summed E-state index contributed by atoms with van der Waals surface area (Å²) in [7, 11) is 0. The molecule has 0 aromatic heterocycles. The fourth-order valence-corrected chi connectivity index (χ4v) is 3.94. The first-order valence-corrected chi connectivity index (χ1v) is 9.96. The number of amides is 1. The molecular formula is C19H22FNOS2. The van der Waals surface area contributed by atoms with Crippen molar-refractivity contribution in [3.63, 3.8) is 0 Å². The molecule has 0 saturated carbocycles. The van der Waals surface area contributed by atoms with Crippen LogP contribution in [0.3, 0.4) is 0 Å². The van der Waals surface area contributed by atoms with Crippen molar-refractivity contribution in [2.24, 2.45) is 0 Å². The summed E-state index contributed by atoms with van der Waals surface area (Å²) in [6, 6.07) is 14.5. The molecule has 24 heavy (non-hydrogen) atoms. The van der Waals surface area contributed by atoms with E-state index in [1.807, 2.05) is 30.3 Å². The summed E-state index contributed by atoms with van der Waals surface area (Å²) in [5.74, 6) is 1.14. The molecule has 0 aliphatic rings. The lowest BCUT2D eigenvalue weighted by Crippen LogP contribution is -2.26. The number of hydrogen-bond donors (Lipinski definition) is 1. The van der Waals surface area contributed by atoms with Crippen LogP contribution in [-0.4, -0.2) is 23.5 Å². The maximum atomic E-state index is 13.5. The Balaban J connectivity index is 1.78. The van der Waals surface area contributed by atoms with Gasteiger partial charge in [0.05, 0.1) is 5.56 Å². The van der Waals surface area contributed by atoms with Crippen LogP contribution < -0.4 is 5.32 Å². The van der Waals surface area contributed by atoms with Crippen molar-refractivity contribution in [1.82, 2.24) is 5.32 Å². The minimum absolute atomic E-state index is 0.0507. The number of thioether (sulfide) groups is 2. The van der Waals surface area contributed by atoms with Crippen LogP contribution in [0.25, 0.3) is 0 Å². The predicted octanol–water partition coefficient (Wildman–Crippen LogP) is 4.99. The molecule has 128 valence electrons. The molecule has 0 radical (unpaired) electrons. The standard InChI is InChI=1S/C19H22FNOS2/c1-14(2)24-18-10-6-4-8-16(18)19(22)21-11-12-23-13-15-7-3-5-9-17(15)20/h3-10,14H,11-13H2,1-2H3,(H,21,22). The van der Waals surface area contributed by atoms with Gasteiger partial charge >= 0.3 is 0 Å². The van der Waals surface area contributed by atoms with Crippen LogP contribution in [0.5, 0.6) is 0 Å². The monoisotopic (exact) mass is 363 g/mol. The minimum atomic E-state index is -0.173. The molecular weight excluding hydrogens is 341 g/mol. The molecule has 0 heterocycles. The quantitative estimate of drug-likeness (QED) is 0.529. The molecule has 0 bridgehead atoms. The van der Waals surface area contributed by atoms with Crippen LogP contribution in [0.1, 0.15) is 29.8 Å². The Kier molecular flexibility index (Phi) is 7.66. The van der Waals surface area contributed by atoms with Crippen molar-refractivity contribution in [3.05, 3.63) is 65.5 Å². The highest BCUT2D eigenvalue weighted by atomic mass is 32.2. The van der Waals surface area contributed by atoms with E-state index in [9.17, 15) is 9.18 Å². The van der Waals surface area contributed by atoms with Gasteiger partial charge in [-0.2, -0.15) is 11.8 Å². The topological polar surface area (TPSA) is 29.1 Å². The highest BCUT2D eigenvalue weighted by Crippen LogP contribution is 2.26. The van der Waals surface area contributed by atoms with Gasteiger partial charge in [0.15, 0.2) is 0 Å². The lowest BCUT2D eigenvalue weighted by molar-refractivity contribution is 0.0953. The molecule has 1 amide bonds. The average Bonchev–Trinajstić information content (AvgIpc) is 2.56. The predicted molar refractivity (Wildman–Crippen MR) is 102 cm³/mol. The van der Waals surface area contributed by atoms with Gasteiger partial charge in [0.1, 0.15) is 5.82 Å². The van der Waals surface area contributed by atoms with E-state index >= 15 is 0 Å². The van der Waals surface area contributed by atoms with Crippen LogP contribution in [0.4, 0.5) is 4.39 Å². The Labute approximate surface area is 151 Å². The van der Waals surface area contributed by atoms with E-state index in [0.29, 0.717) is 23.1 Å². The van der Waals surface area contributed by atoms with Crippen molar-refractivity contribution >= 4 is 29.4 Å². The van der Waals surface area contributed by atoms with Crippen molar-refractivity contribution in [1.29, 1.82) is 0 Å². The van der Waals surface area contributed by atoms with Crippen molar-refractivity contribution < 1.29 is 9.18 Å². The van der Waals surface area contributed by atoms with Gasteiger partial charge in [0.2, 0.25) is 0 Å². The van der Waals surface area contributed by atoms with Gasteiger partial charge < -0.3 is 5.32 Å². The minimum Gasteiger partial charge on any atom is -0.351 e. The number of halogens is 1. The van der Waals surface area contributed by atoms with Gasteiger partial charge in [-0.05, 0) is 23.8 Å². The summed E-state index contributed by atoms with van der Waals surface area (Å²) in [5, 5.41) is 3.37. The van der Waals surface area contributed by atoms with Crippen LogP contribution in [0.2, 0.25) is 0 Å². The van der Waals surface area contributed by atoms with Gasteiger partial charge in [-0.25, -0.2) is 4.39 Å². The van der Waals surface area contributed by atoms with E-state index in [0.717, 1.165) is 16.2 Å². The second-order valence-corrected chi connectivity index (χ2v) is 8.29. The lowest BCUT2D eigenvalue weighted by Gasteiger charge is -2.11. The molecule has 0 aliphatic carbocycles. The Morgan fingerprint density at radius 1 is 1.12 bits per heavy atom. The van der Waals surface area contributed by atoms with Crippen molar-refractivity contribution in [3.8, 4) is 0 Å². The summed E-state index contributed by atoms with van der Waals surface area (Å²) < 4.78 is 13.5. The van der Waals surface area contributed by atoms with E-state index in [1.54, 1.807) is 35.7 Å². The number of carbonyl (C=O) groups excluding carboxylic acids is 1. The Morgan fingerprint density at radius 3 is 2.58 bits per heavy atom. The molecule has 2 nitrogen and oxygen atoms in total. The summed E-state index contributed by atoms with van der Waals surface area (Å²) >= 11 is 3.30. The van der Waals surface area contributed by atoms with Crippen LogP contribution in [0.15, 0.2) is 53.4 Å². The summed E-state index contributed by atoms with van der Waals surface area (Å²) in [6.45, 7) is 4.79. The molecule has 0 spiro atoms. The summed E-state index contributed by atoms with van der Waals surface area (Å²) in [6.07, 6.45) is 0. The molecule has 0 aliphatic heterocycles. The third-order valence-corrected chi connectivity index (χ3v) is 5.33. The van der Waals surface area contributed by atoms with E-state index < -0.39 is 0 Å². The second-order valence-electron chi connectivity index (χ2n) is 5.56. The number of nitrogens with one attached hydrogen (secondary N) is 1. The molecule has 0 atom stereocenters. The highest BCUT2D eigenvalue weighted by molar-refractivity contribution is 8.00. The smallest absolute Gasteiger partial charge is 0.252 e. The van der Waals surface area contributed by atoms with Gasteiger partial charge in [-0.1, -0.05) is 44.2 Å². The summed E-state index contributed by atoms with van der Waals surface area (Å²) in [4.78, 5) is 13.3. The van der Waals surface area contributed by atoms with Crippen LogP contribution in [-0.2, 0) is 5.75 Å². The molecule has 2 rings (SSSR count). The Hall–Kier alpha value is -1.46. The van der Waals surface area contributed by atoms with Gasteiger partial charge in [0, 0.05) is 28.2 Å².